The van der Waals surface area contributed by atoms with Gasteiger partial charge in [-0.15, -0.1) is 6.58 Å². The van der Waals surface area contributed by atoms with E-state index < -0.39 is 5.60 Å². The van der Waals surface area contributed by atoms with E-state index in [0.29, 0.717) is 18.7 Å². The lowest BCUT2D eigenvalue weighted by atomic mass is 9.96. The fourth-order valence-electron chi connectivity index (χ4n) is 1.91. The summed E-state index contributed by atoms with van der Waals surface area (Å²) in [5.41, 5.74) is -0.462. The first kappa shape index (κ1) is 19.7. The first-order chi connectivity index (χ1) is 9.76. The average molecular weight is 297 g/mol. The molecular weight excluding hydrogens is 266 g/mol. The Morgan fingerprint density at radius 3 is 2.48 bits per heavy atom. The van der Waals surface area contributed by atoms with Crippen LogP contribution in [0.15, 0.2) is 12.7 Å². The van der Waals surface area contributed by atoms with Crippen LogP contribution < -0.4 is 5.32 Å². The maximum atomic E-state index is 11.8. The number of alkyl carbamates (subject to hydrolysis) is 1. The van der Waals surface area contributed by atoms with E-state index in [-0.39, 0.29) is 12.0 Å². The van der Waals surface area contributed by atoms with Crippen LogP contribution in [0.4, 0.5) is 4.79 Å². The van der Waals surface area contributed by atoms with Crippen molar-refractivity contribution in [2.75, 3.05) is 6.54 Å². The van der Waals surface area contributed by atoms with Crippen LogP contribution in [0.1, 0.15) is 66.2 Å². The van der Waals surface area contributed by atoms with Crippen LogP contribution in [0.25, 0.3) is 0 Å². The number of ether oxygens (including phenoxy) is 1. The third-order valence-electron chi connectivity index (χ3n) is 3.11. The van der Waals surface area contributed by atoms with Crippen molar-refractivity contribution in [3.63, 3.8) is 0 Å². The monoisotopic (exact) mass is 297 g/mol. The molecule has 4 nitrogen and oxygen atoms in total. The molecular formula is C17H31NO3. The molecule has 1 atom stereocenters. The Labute approximate surface area is 129 Å². The Bertz CT molecular complexity index is 331. The highest BCUT2D eigenvalue weighted by Crippen LogP contribution is 2.13. The van der Waals surface area contributed by atoms with Gasteiger partial charge in [-0.3, -0.25) is 4.79 Å². The molecule has 1 amide bonds. The summed E-state index contributed by atoms with van der Waals surface area (Å²) in [6.07, 6.45) is 6.59. The number of ketones is 1. The smallest absolute Gasteiger partial charge is 0.407 e. The molecule has 0 bridgehead atoms. The summed E-state index contributed by atoms with van der Waals surface area (Å²) in [7, 11) is 0. The number of rotatable bonds is 10. The second kappa shape index (κ2) is 10.4. The zero-order valence-electron chi connectivity index (χ0n) is 14.0. The van der Waals surface area contributed by atoms with E-state index in [1.807, 2.05) is 33.8 Å². The van der Waals surface area contributed by atoms with Crippen LogP contribution >= 0.6 is 0 Å². The van der Waals surface area contributed by atoms with E-state index in [1.54, 1.807) is 0 Å². The average Bonchev–Trinajstić information content (AvgIpc) is 2.36. The number of hydrogen-bond acceptors (Lipinski definition) is 3. The van der Waals surface area contributed by atoms with Gasteiger partial charge in [0.25, 0.3) is 0 Å². The van der Waals surface area contributed by atoms with E-state index in [1.165, 1.54) is 0 Å². The Kier molecular flexibility index (Phi) is 9.76. The quantitative estimate of drug-likeness (QED) is 0.484. The highest BCUT2D eigenvalue weighted by atomic mass is 16.6. The number of hydrogen-bond donors (Lipinski definition) is 1. The summed E-state index contributed by atoms with van der Waals surface area (Å²) in [6, 6.07) is 0. The molecule has 4 heteroatoms. The van der Waals surface area contributed by atoms with Crippen molar-refractivity contribution in [3.8, 4) is 0 Å². The van der Waals surface area contributed by atoms with Gasteiger partial charge in [0, 0.05) is 18.9 Å². The van der Waals surface area contributed by atoms with Crippen LogP contribution in [-0.2, 0) is 9.53 Å². The highest BCUT2D eigenvalue weighted by molar-refractivity contribution is 5.80. The predicted molar refractivity (Wildman–Crippen MR) is 86.3 cm³/mol. The maximum Gasteiger partial charge on any atom is 0.407 e. The van der Waals surface area contributed by atoms with Crippen molar-refractivity contribution < 1.29 is 14.3 Å². The molecule has 122 valence electrons. The minimum absolute atomic E-state index is 0.108. The third-order valence-corrected chi connectivity index (χ3v) is 3.11. The molecule has 0 aliphatic rings. The Morgan fingerprint density at radius 1 is 1.24 bits per heavy atom. The van der Waals surface area contributed by atoms with Crippen LogP contribution in [0, 0.1) is 5.92 Å². The van der Waals surface area contributed by atoms with Crippen LogP contribution in [0.3, 0.4) is 0 Å². The summed E-state index contributed by atoms with van der Waals surface area (Å²) in [5, 5.41) is 2.73. The molecule has 0 aromatic carbocycles. The SMILES string of the molecule is C=CCCCC(=O)[C@@H](C)CCCCNC(=O)OC(C)(C)C. The number of amides is 1. The molecule has 0 heterocycles. The van der Waals surface area contributed by atoms with Crippen molar-refractivity contribution in [3.05, 3.63) is 12.7 Å². The Balaban J connectivity index is 3.64. The van der Waals surface area contributed by atoms with Crippen molar-refractivity contribution in [2.45, 2.75) is 71.8 Å². The summed E-state index contributed by atoms with van der Waals surface area (Å²) >= 11 is 0. The number of allylic oxidation sites excluding steroid dienone is 1. The molecule has 1 N–H and O–H groups in total. The Morgan fingerprint density at radius 2 is 1.90 bits per heavy atom. The zero-order chi connectivity index (χ0) is 16.3. The second-order valence-corrected chi connectivity index (χ2v) is 6.47. The van der Waals surface area contributed by atoms with Gasteiger partial charge in [-0.25, -0.2) is 4.79 Å². The molecule has 0 radical (unpaired) electrons. The van der Waals surface area contributed by atoms with Crippen molar-refractivity contribution in [1.82, 2.24) is 5.32 Å². The minimum atomic E-state index is -0.462. The van der Waals surface area contributed by atoms with E-state index in [9.17, 15) is 9.59 Å². The van der Waals surface area contributed by atoms with E-state index in [0.717, 1.165) is 32.1 Å². The summed E-state index contributed by atoms with van der Waals surface area (Å²) in [4.78, 5) is 23.2. The lowest BCUT2D eigenvalue weighted by molar-refractivity contribution is -0.122. The van der Waals surface area contributed by atoms with Gasteiger partial charge in [0.05, 0.1) is 0 Å². The molecule has 0 aliphatic heterocycles. The summed E-state index contributed by atoms with van der Waals surface area (Å²) < 4.78 is 5.15. The first-order valence-corrected chi connectivity index (χ1v) is 7.86. The summed E-state index contributed by atoms with van der Waals surface area (Å²) in [5.74, 6) is 0.438. The topological polar surface area (TPSA) is 55.4 Å². The largest absolute Gasteiger partial charge is 0.444 e. The molecule has 0 fully saturated rings. The van der Waals surface area contributed by atoms with E-state index in [2.05, 4.69) is 11.9 Å². The number of carbonyl (C=O) groups excluding carboxylic acids is 2. The predicted octanol–water partition coefficient (Wildman–Crippen LogP) is 4.24. The van der Waals surface area contributed by atoms with Gasteiger partial charge < -0.3 is 10.1 Å². The van der Waals surface area contributed by atoms with Gasteiger partial charge >= 0.3 is 6.09 Å². The van der Waals surface area contributed by atoms with Gasteiger partial charge in [0.15, 0.2) is 0 Å². The molecule has 0 spiro atoms. The van der Waals surface area contributed by atoms with Crippen molar-refractivity contribution >= 4 is 11.9 Å². The first-order valence-electron chi connectivity index (χ1n) is 7.86. The third kappa shape index (κ3) is 12.2. The lowest BCUT2D eigenvalue weighted by Crippen LogP contribution is -2.33. The Hall–Kier alpha value is -1.32. The molecule has 21 heavy (non-hydrogen) atoms. The minimum Gasteiger partial charge on any atom is -0.444 e. The number of Topliss-reactive ketones (excluding diaryl/α,β-unsaturated/α-hetero) is 1. The molecule has 0 aromatic heterocycles. The van der Waals surface area contributed by atoms with Crippen LogP contribution in [0.5, 0.6) is 0 Å². The molecule has 0 rings (SSSR count). The van der Waals surface area contributed by atoms with Gasteiger partial charge in [-0.2, -0.15) is 0 Å². The number of unbranched alkanes of at least 4 members (excludes halogenated alkanes) is 2. The zero-order valence-corrected chi connectivity index (χ0v) is 14.0. The van der Waals surface area contributed by atoms with Crippen LogP contribution in [-0.4, -0.2) is 24.0 Å². The number of nitrogens with one attached hydrogen (secondary N) is 1. The molecule has 0 saturated heterocycles. The fraction of sp³-hybridized carbons (Fsp3) is 0.765. The van der Waals surface area contributed by atoms with Gasteiger partial charge in [-0.05, 0) is 46.5 Å². The second-order valence-electron chi connectivity index (χ2n) is 6.47. The van der Waals surface area contributed by atoms with E-state index >= 15 is 0 Å². The van der Waals surface area contributed by atoms with E-state index in [4.69, 9.17) is 4.74 Å². The standard InChI is InChI=1S/C17H31NO3/c1-6-7-8-12-15(19)14(2)11-9-10-13-18-16(20)21-17(3,4)5/h6,14H,1,7-13H2,2-5H3,(H,18,20)/t14-/m0/s1. The molecule has 0 saturated carbocycles. The van der Waals surface area contributed by atoms with Gasteiger partial charge in [-0.1, -0.05) is 19.4 Å². The van der Waals surface area contributed by atoms with Gasteiger partial charge in [0.2, 0.25) is 0 Å². The maximum absolute atomic E-state index is 11.8. The van der Waals surface area contributed by atoms with Crippen molar-refractivity contribution in [2.24, 2.45) is 5.92 Å². The van der Waals surface area contributed by atoms with Crippen molar-refractivity contribution in [1.29, 1.82) is 0 Å². The molecule has 0 aliphatic carbocycles. The van der Waals surface area contributed by atoms with Gasteiger partial charge in [0.1, 0.15) is 11.4 Å². The normalized spacial score (nSPS) is 12.6. The summed E-state index contributed by atoms with van der Waals surface area (Å²) in [6.45, 7) is 11.7. The highest BCUT2D eigenvalue weighted by Gasteiger charge is 2.15. The molecule has 0 aromatic rings. The van der Waals surface area contributed by atoms with Crippen LogP contribution in [0.2, 0.25) is 0 Å². The number of carbonyl (C=O) groups is 2. The fourth-order valence-corrected chi connectivity index (χ4v) is 1.91. The molecule has 0 unspecified atom stereocenters. The lowest BCUT2D eigenvalue weighted by Gasteiger charge is -2.19.